The summed E-state index contributed by atoms with van der Waals surface area (Å²) in [5, 5.41) is 5.50. The van der Waals surface area contributed by atoms with Crippen molar-refractivity contribution in [3.05, 3.63) is 72.2 Å². The van der Waals surface area contributed by atoms with E-state index < -0.39 is 0 Å². The lowest BCUT2D eigenvalue weighted by molar-refractivity contribution is 0.0994. The van der Waals surface area contributed by atoms with Crippen LogP contribution in [-0.2, 0) is 0 Å². The fourth-order valence-electron chi connectivity index (χ4n) is 2.38. The van der Waals surface area contributed by atoms with Crippen LogP contribution in [0.3, 0.4) is 0 Å². The maximum absolute atomic E-state index is 12.5. The van der Waals surface area contributed by atoms with Crippen molar-refractivity contribution < 1.29 is 23.5 Å². The predicted molar refractivity (Wildman–Crippen MR) is 101 cm³/mol. The second-order valence-electron chi connectivity index (χ2n) is 5.56. The molecule has 27 heavy (non-hydrogen) atoms. The second kappa shape index (κ2) is 8.09. The van der Waals surface area contributed by atoms with Crippen LogP contribution in [0, 0.1) is 0 Å². The van der Waals surface area contributed by atoms with Gasteiger partial charge in [0.05, 0.1) is 20.5 Å². The molecule has 0 saturated heterocycles. The Bertz CT molecular complexity index is 911. The quantitative estimate of drug-likeness (QED) is 0.692. The Balaban J connectivity index is 1.67. The van der Waals surface area contributed by atoms with Gasteiger partial charge in [-0.3, -0.25) is 9.59 Å². The molecule has 2 N–H and O–H groups in total. The van der Waals surface area contributed by atoms with Gasteiger partial charge in [-0.25, -0.2) is 0 Å². The summed E-state index contributed by atoms with van der Waals surface area (Å²) in [6.45, 7) is 0. The number of hydrogen-bond donors (Lipinski definition) is 2. The molecule has 3 aromatic rings. The van der Waals surface area contributed by atoms with Crippen molar-refractivity contribution >= 4 is 23.2 Å². The molecule has 7 nitrogen and oxygen atoms in total. The molecule has 0 saturated carbocycles. The highest BCUT2D eigenvalue weighted by atomic mass is 16.5. The highest BCUT2D eigenvalue weighted by Gasteiger charge is 2.11. The van der Waals surface area contributed by atoms with Crippen molar-refractivity contribution in [1.29, 1.82) is 0 Å². The fourth-order valence-corrected chi connectivity index (χ4v) is 2.38. The van der Waals surface area contributed by atoms with Gasteiger partial charge in [0, 0.05) is 23.0 Å². The second-order valence-corrected chi connectivity index (χ2v) is 5.56. The molecule has 0 aliphatic carbocycles. The first-order chi connectivity index (χ1) is 13.1. The third-order valence-electron chi connectivity index (χ3n) is 3.76. The summed E-state index contributed by atoms with van der Waals surface area (Å²) in [7, 11) is 3.04. The number of ether oxygens (including phenoxy) is 2. The summed E-state index contributed by atoms with van der Waals surface area (Å²) in [6, 6.07) is 14.9. The number of nitrogens with one attached hydrogen (secondary N) is 2. The van der Waals surface area contributed by atoms with Gasteiger partial charge in [-0.1, -0.05) is 0 Å². The lowest BCUT2D eigenvalue weighted by atomic mass is 10.1. The molecule has 0 aliphatic heterocycles. The molecular weight excluding hydrogens is 348 g/mol. The molecule has 0 aliphatic rings. The maximum Gasteiger partial charge on any atom is 0.291 e. The van der Waals surface area contributed by atoms with E-state index in [9.17, 15) is 9.59 Å². The summed E-state index contributed by atoms with van der Waals surface area (Å²) in [4.78, 5) is 24.4. The minimum absolute atomic E-state index is 0.222. The van der Waals surface area contributed by atoms with Gasteiger partial charge < -0.3 is 24.5 Å². The highest BCUT2D eigenvalue weighted by Crippen LogP contribution is 2.23. The largest absolute Gasteiger partial charge is 0.497 e. The van der Waals surface area contributed by atoms with Crippen LogP contribution in [0.5, 0.6) is 11.5 Å². The van der Waals surface area contributed by atoms with E-state index in [0.29, 0.717) is 28.4 Å². The first kappa shape index (κ1) is 18.1. The molecule has 2 amide bonds. The van der Waals surface area contributed by atoms with E-state index in [2.05, 4.69) is 10.6 Å². The number of carbonyl (C=O) groups excluding carboxylic acids is 2. The zero-order valence-corrected chi connectivity index (χ0v) is 14.8. The Morgan fingerprint density at radius 2 is 1.37 bits per heavy atom. The lowest BCUT2D eigenvalue weighted by Crippen LogP contribution is -2.13. The molecule has 0 radical (unpaired) electrons. The zero-order valence-electron chi connectivity index (χ0n) is 14.8. The standard InChI is InChI=1S/C20H18N2O5/c1-25-16-10-13(11-17(12-16)26-2)19(23)21-14-5-7-15(8-6-14)22-20(24)18-4-3-9-27-18/h3-12H,1-2H3,(H,21,23)(H,22,24). The lowest BCUT2D eigenvalue weighted by Gasteiger charge is -2.10. The minimum atomic E-state index is -0.347. The third-order valence-corrected chi connectivity index (χ3v) is 3.76. The van der Waals surface area contributed by atoms with Crippen LogP contribution in [0.25, 0.3) is 0 Å². The molecule has 1 aromatic heterocycles. The minimum Gasteiger partial charge on any atom is -0.497 e. The van der Waals surface area contributed by atoms with E-state index in [4.69, 9.17) is 13.9 Å². The van der Waals surface area contributed by atoms with Crippen LogP contribution >= 0.6 is 0 Å². The molecular formula is C20H18N2O5. The van der Waals surface area contributed by atoms with E-state index in [1.165, 1.54) is 20.5 Å². The van der Waals surface area contributed by atoms with E-state index in [1.807, 2.05) is 0 Å². The van der Waals surface area contributed by atoms with E-state index in [0.717, 1.165) is 0 Å². The van der Waals surface area contributed by atoms with Gasteiger partial charge in [-0.2, -0.15) is 0 Å². The van der Waals surface area contributed by atoms with E-state index in [-0.39, 0.29) is 17.6 Å². The van der Waals surface area contributed by atoms with Crippen molar-refractivity contribution in [3.8, 4) is 11.5 Å². The molecule has 7 heteroatoms. The Labute approximate surface area is 155 Å². The number of carbonyl (C=O) groups is 2. The first-order valence-corrected chi connectivity index (χ1v) is 8.08. The average molecular weight is 366 g/mol. The molecule has 0 unspecified atom stereocenters. The molecule has 0 spiro atoms. The van der Waals surface area contributed by atoms with Crippen molar-refractivity contribution in [1.82, 2.24) is 0 Å². The molecule has 138 valence electrons. The Kier molecular flexibility index (Phi) is 5.41. The zero-order chi connectivity index (χ0) is 19.2. The summed E-state index contributed by atoms with van der Waals surface area (Å²) in [5.74, 6) is 0.616. The molecule has 2 aromatic carbocycles. The van der Waals surface area contributed by atoms with Crippen molar-refractivity contribution in [2.24, 2.45) is 0 Å². The topological polar surface area (TPSA) is 89.8 Å². The number of hydrogen-bond acceptors (Lipinski definition) is 5. The summed E-state index contributed by atoms with van der Waals surface area (Å²) in [5.41, 5.74) is 1.57. The van der Waals surface area contributed by atoms with Gasteiger partial charge in [0.15, 0.2) is 5.76 Å². The van der Waals surface area contributed by atoms with Crippen LogP contribution in [-0.4, -0.2) is 26.0 Å². The average Bonchev–Trinajstić information content (AvgIpc) is 3.24. The first-order valence-electron chi connectivity index (χ1n) is 8.08. The molecule has 0 atom stereocenters. The molecule has 0 fully saturated rings. The number of amides is 2. The van der Waals surface area contributed by atoms with Gasteiger partial charge in [0.25, 0.3) is 11.8 Å². The predicted octanol–water partition coefficient (Wildman–Crippen LogP) is 3.80. The van der Waals surface area contributed by atoms with Gasteiger partial charge >= 0.3 is 0 Å². The third kappa shape index (κ3) is 4.46. The maximum atomic E-state index is 12.5. The van der Waals surface area contributed by atoms with Gasteiger partial charge in [0.1, 0.15) is 11.5 Å². The smallest absolute Gasteiger partial charge is 0.291 e. The summed E-state index contributed by atoms with van der Waals surface area (Å²) < 4.78 is 15.4. The summed E-state index contributed by atoms with van der Waals surface area (Å²) >= 11 is 0. The van der Waals surface area contributed by atoms with E-state index in [1.54, 1.807) is 54.6 Å². The van der Waals surface area contributed by atoms with Gasteiger partial charge in [-0.15, -0.1) is 0 Å². The van der Waals surface area contributed by atoms with Gasteiger partial charge in [0.2, 0.25) is 0 Å². The number of methoxy groups -OCH3 is 2. The Hall–Kier alpha value is -3.74. The normalized spacial score (nSPS) is 10.1. The fraction of sp³-hybridized carbons (Fsp3) is 0.100. The van der Waals surface area contributed by atoms with Crippen LogP contribution in [0.4, 0.5) is 11.4 Å². The van der Waals surface area contributed by atoms with Crippen LogP contribution in [0.15, 0.2) is 65.3 Å². The van der Waals surface area contributed by atoms with Crippen LogP contribution < -0.4 is 20.1 Å². The number of benzene rings is 2. The highest BCUT2D eigenvalue weighted by molar-refractivity contribution is 6.05. The Morgan fingerprint density at radius 1 is 0.815 bits per heavy atom. The summed E-state index contributed by atoms with van der Waals surface area (Å²) in [6.07, 6.45) is 1.43. The Morgan fingerprint density at radius 3 is 1.85 bits per heavy atom. The van der Waals surface area contributed by atoms with Crippen molar-refractivity contribution in [3.63, 3.8) is 0 Å². The number of anilines is 2. The van der Waals surface area contributed by atoms with Crippen LogP contribution in [0.2, 0.25) is 0 Å². The van der Waals surface area contributed by atoms with E-state index >= 15 is 0 Å². The van der Waals surface area contributed by atoms with Crippen molar-refractivity contribution in [2.45, 2.75) is 0 Å². The molecule has 0 bridgehead atoms. The molecule has 1 heterocycles. The number of furan rings is 1. The van der Waals surface area contributed by atoms with Crippen molar-refractivity contribution in [2.75, 3.05) is 24.9 Å². The van der Waals surface area contributed by atoms with Crippen LogP contribution in [0.1, 0.15) is 20.9 Å². The monoisotopic (exact) mass is 366 g/mol. The van der Waals surface area contributed by atoms with Gasteiger partial charge in [-0.05, 0) is 48.5 Å². The number of rotatable bonds is 6. The molecule has 3 rings (SSSR count). The SMILES string of the molecule is COc1cc(OC)cc(C(=O)Nc2ccc(NC(=O)c3ccco3)cc2)c1.